The normalized spacial score (nSPS) is 11.7. The number of amides is 2. The smallest absolute Gasteiger partial charge is 0.257 e. The third-order valence-electron chi connectivity index (χ3n) is 3.98. The summed E-state index contributed by atoms with van der Waals surface area (Å²) in [6.45, 7) is 3.42. The highest BCUT2D eigenvalue weighted by atomic mass is 35.5. The largest absolute Gasteiger partial charge is 0.350 e. The summed E-state index contributed by atoms with van der Waals surface area (Å²) in [5.74, 6) is -0.401. The molecule has 0 fully saturated rings. The van der Waals surface area contributed by atoms with E-state index < -0.39 is 0 Å². The lowest BCUT2D eigenvalue weighted by Gasteiger charge is -2.13. The Balaban J connectivity index is 1.71. The van der Waals surface area contributed by atoms with Gasteiger partial charge in [0.25, 0.3) is 5.91 Å². The molecule has 0 bridgehead atoms. The Morgan fingerprint density at radius 3 is 2.32 bits per heavy atom. The maximum absolute atomic E-state index is 12.4. The van der Waals surface area contributed by atoms with Crippen molar-refractivity contribution in [1.82, 2.24) is 10.3 Å². The number of aromatic nitrogens is 1. The van der Waals surface area contributed by atoms with E-state index in [-0.39, 0.29) is 17.9 Å². The van der Waals surface area contributed by atoms with Gasteiger partial charge in [0, 0.05) is 33.5 Å². The van der Waals surface area contributed by atoms with Gasteiger partial charge < -0.3 is 5.32 Å². The first-order valence-corrected chi connectivity index (χ1v) is 10.1. The Morgan fingerprint density at radius 1 is 1.07 bits per heavy atom. The summed E-state index contributed by atoms with van der Waals surface area (Å²) in [6.07, 6.45) is 0. The van der Waals surface area contributed by atoms with Crippen LogP contribution in [-0.4, -0.2) is 16.8 Å². The van der Waals surface area contributed by atoms with E-state index in [4.69, 9.17) is 23.2 Å². The fourth-order valence-electron chi connectivity index (χ4n) is 2.65. The molecule has 0 saturated carbocycles. The average molecular weight is 434 g/mol. The lowest BCUT2D eigenvalue weighted by Crippen LogP contribution is -2.23. The van der Waals surface area contributed by atoms with Gasteiger partial charge >= 0.3 is 0 Å². The third kappa shape index (κ3) is 5.10. The molecule has 0 aliphatic rings. The van der Waals surface area contributed by atoms with Crippen molar-refractivity contribution >= 4 is 51.5 Å². The van der Waals surface area contributed by atoms with E-state index in [9.17, 15) is 9.59 Å². The molecular formula is C20H17Cl2N3O2S. The van der Waals surface area contributed by atoms with Crippen molar-refractivity contribution in [2.45, 2.75) is 19.9 Å². The van der Waals surface area contributed by atoms with Crippen LogP contribution in [0.1, 0.15) is 35.8 Å². The van der Waals surface area contributed by atoms with Crippen LogP contribution in [0.2, 0.25) is 10.0 Å². The number of nitrogens with one attached hydrogen (secondary N) is 2. The zero-order chi connectivity index (χ0) is 20.3. The van der Waals surface area contributed by atoms with Gasteiger partial charge in [0.05, 0.1) is 11.7 Å². The first kappa shape index (κ1) is 20.3. The Morgan fingerprint density at radius 2 is 1.71 bits per heavy atom. The monoisotopic (exact) mass is 433 g/mol. The van der Waals surface area contributed by atoms with E-state index in [1.807, 2.05) is 36.6 Å². The number of carbonyl (C=O) groups excluding carboxylic acids is 2. The quantitative estimate of drug-likeness (QED) is 0.552. The molecular weight excluding hydrogens is 417 g/mol. The molecule has 8 heteroatoms. The minimum absolute atomic E-state index is 0.0682. The maximum Gasteiger partial charge on any atom is 0.257 e. The topological polar surface area (TPSA) is 71.1 Å². The number of hydrogen-bond donors (Lipinski definition) is 2. The van der Waals surface area contributed by atoms with Gasteiger partial charge in [-0.25, -0.2) is 4.98 Å². The second-order valence-corrected chi connectivity index (χ2v) is 7.93. The van der Waals surface area contributed by atoms with E-state index in [0.29, 0.717) is 20.7 Å². The van der Waals surface area contributed by atoms with Crippen LogP contribution in [0.25, 0.3) is 11.3 Å². The second kappa shape index (κ2) is 8.73. The Kier molecular flexibility index (Phi) is 6.34. The van der Waals surface area contributed by atoms with Gasteiger partial charge in [-0.2, -0.15) is 0 Å². The molecule has 2 amide bonds. The molecule has 0 radical (unpaired) electrons. The Hall–Kier alpha value is -2.41. The van der Waals surface area contributed by atoms with E-state index in [1.165, 1.54) is 18.3 Å². The number of hydrogen-bond acceptors (Lipinski definition) is 4. The molecule has 1 aromatic heterocycles. The number of benzene rings is 2. The number of nitrogens with zero attached hydrogens (tertiary/aromatic N) is 1. The summed E-state index contributed by atoms with van der Waals surface area (Å²) >= 11 is 13.2. The van der Waals surface area contributed by atoms with Gasteiger partial charge in [0.1, 0.15) is 0 Å². The van der Waals surface area contributed by atoms with Gasteiger partial charge in [-0.05, 0) is 30.7 Å². The van der Waals surface area contributed by atoms with E-state index in [1.54, 1.807) is 18.2 Å². The number of thiazole rings is 1. The van der Waals surface area contributed by atoms with E-state index >= 15 is 0 Å². The van der Waals surface area contributed by atoms with Gasteiger partial charge in [-0.1, -0.05) is 47.5 Å². The highest BCUT2D eigenvalue weighted by Crippen LogP contribution is 2.27. The summed E-state index contributed by atoms with van der Waals surface area (Å²) in [7, 11) is 0. The fourth-order valence-corrected chi connectivity index (χ4v) is 3.89. The van der Waals surface area contributed by atoms with Crippen LogP contribution in [-0.2, 0) is 4.79 Å². The Bertz CT molecular complexity index is 998. The molecule has 0 aliphatic carbocycles. The molecule has 1 heterocycles. The van der Waals surface area contributed by atoms with Gasteiger partial charge in [-0.3, -0.25) is 14.9 Å². The molecule has 2 aromatic carbocycles. The lowest BCUT2D eigenvalue weighted by atomic mass is 10.1. The van der Waals surface area contributed by atoms with Crippen LogP contribution in [0.3, 0.4) is 0 Å². The maximum atomic E-state index is 12.4. The molecule has 0 saturated heterocycles. The van der Waals surface area contributed by atoms with Crippen LogP contribution in [0.4, 0.5) is 5.13 Å². The van der Waals surface area contributed by atoms with Gasteiger partial charge in [-0.15, -0.1) is 11.3 Å². The third-order valence-corrected chi connectivity index (χ3v) is 5.17. The fraction of sp³-hybridized carbons (Fsp3) is 0.150. The summed E-state index contributed by atoms with van der Waals surface area (Å²) < 4.78 is 0. The standard InChI is InChI=1S/C20H17Cl2N3O2S/c1-11(23-12(2)26)13-3-5-14(6-4-13)18-10-28-20(24-18)25-19(27)15-7-16(21)9-17(22)8-15/h3-11H,1-2H3,(H,23,26)(H,24,25,27). The first-order valence-electron chi connectivity index (χ1n) is 8.42. The van der Waals surface area contributed by atoms with Crippen LogP contribution >= 0.6 is 34.5 Å². The number of anilines is 1. The molecule has 3 aromatic rings. The van der Waals surface area contributed by atoms with Crippen molar-refractivity contribution in [3.05, 3.63) is 69.0 Å². The van der Waals surface area contributed by atoms with Gasteiger partial charge in [0.2, 0.25) is 5.91 Å². The number of rotatable bonds is 5. The van der Waals surface area contributed by atoms with Crippen LogP contribution in [0.15, 0.2) is 47.8 Å². The predicted molar refractivity (Wildman–Crippen MR) is 114 cm³/mol. The highest BCUT2D eigenvalue weighted by molar-refractivity contribution is 7.14. The minimum Gasteiger partial charge on any atom is -0.350 e. The second-order valence-electron chi connectivity index (χ2n) is 6.19. The summed E-state index contributed by atoms with van der Waals surface area (Å²) in [6, 6.07) is 12.4. The van der Waals surface area contributed by atoms with E-state index in [2.05, 4.69) is 15.6 Å². The van der Waals surface area contributed by atoms with Crippen molar-refractivity contribution < 1.29 is 9.59 Å². The van der Waals surface area contributed by atoms with Crippen LogP contribution in [0, 0.1) is 0 Å². The molecule has 144 valence electrons. The summed E-state index contributed by atoms with van der Waals surface area (Å²) in [5.41, 5.74) is 3.04. The predicted octanol–water partition coefficient (Wildman–Crippen LogP) is 5.57. The van der Waals surface area contributed by atoms with Crippen LogP contribution in [0.5, 0.6) is 0 Å². The zero-order valence-electron chi connectivity index (χ0n) is 15.1. The molecule has 28 heavy (non-hydrogen) atoms. The Labute approximate surface area is 176 Å². The summed E-state index contributed by atoms with van der Waals surface area (Å²) in [4.78, 5) is 28.0. The van der Waals surface area contributed by atoms with E-state index in [0.717, 1.165) is 16.8 Å². The molecule has 3 rings (SSSR count). The van der Waals surface area contributed by atoms with Gasteiger partial charge in [0.15, 0.2) is 5.13 Å². The molecule has 1 unspecified atom stereocenters. The van der Waals surface area contributed by atoms with Crippen LogP contribution < -0.4 is 10.6 Å². The lowest BCUT2D eigenvalue weighted by molar-refractivity contribution is -0.119. The molecule has 1 atom stereocenters. The highest BCUT2D eigenvalue weighted by Gasteiger charge is 2.12. The van der Waals surface area contributed by atoms with Crippen molar-refractivity contribution in [3.63, 3.8) is 0 Å². The van der Waals surface area contributed by atoms with Crippen molar-refractivity contribution in [2.24, 2.45) is 0 Å². The molecule has 0 spiro atoms. The molecule has 2 N–H and O–H groups in total. The summed E-state index contributed by atoms with van der Waals surface area (Å²) in [5, 5.41) is 8.74. The minimum atomic E-state index is -0.329. The van der Waals surface area contributed by atoms with Crippen molar-refractivity contribution in [2.75, 3.05) is 5.32 Å². The van der Waals surface area contributed by atoms with Crippen molar-refractivity contribution in [1.29, 1.82) is 0 Å². The number of carbonyl (C=O) groups is 2. The average Bonchev–Trinajstić information content (AvgIpc) is 3.09. The SMILES string of the molecule is CC(=O)NC(C)c1ccc(-c2csc(NC(=O)c3cc(Cl)cc(Cl)c3)n2)cc1. The number of halogens is 2. The zero-order valence-corrected chi connectivity index (χ0v) is 17.5. The first-order chi connectivity index (χ1) is 13.3. The molecule has 0 aliphatic heterocycles. The van der Waals surface area contributed by atoms with Crippen molar-refractivity contribution in [3.8, 4) is 11.3 Å². The molecule has 5 nitrogen and oxygen atoms in total.